The third-order valence-electron chi connectivity index (χ3n) is 3.31. The molecule has 1 heterocycles. The van der Waals surface area contributed by atoms with E-state index in [4.69, 9.17) is 4.74 Å². The number of phenols is 1. The predicted molar refractivity (Wildman–Crippen MR) is 64.3 cm³/mol. The maximum Gasteiger partial charge on any atom is 0.125 e. The van der Waals surface area contributed by atoms with Gasteiger partial charge in [0, 0.05) is 18.5 Å². The maximum absolute atomic E-state index is 10.00. The monoisotopic (exact) mass is 221 g/mol. The lowest BCUT2D eigenvalue weighted by Crippen LogP contribution is -2.08. The van der Waals surface area contributed by atoms with E-state index in [1.807, 2.05) is 0 Å². The SMILES string of the molecule is CCc1cc(C2CCNC2)c(O)cc1OC. The predicted octanol–water partition coefficient (Wildman–Crippen LogP) is 2.04. The number of rotatable bonds is 3. The highest BCUT2D eigenvalue weighted by atomic mass is 16.5. The topological polar surface area (TPSA) is 41.5 Å². The van der Waals surface area contributed by atoms with E-state index in [9.17, 15) is 5.11 Å². The van der Waals surface area contributed by atoms with E-state index in [1.165, 1.54) is 5.56 Å². The van der Waals surface area contributed by atoms with Crippen LogP contribution in [0.25, 0.3) is 0 Å². The molecule has 1 fully saturated rings. The Balaban J connectivity index is 2.37. The summed E-state index contributed by atoms with van der Waals surface area (Å²) < 4.78 is 5.26. The van der Waals surface area contributed by atoms with E-state index < -0.39 is 0 Å². The minimum Gasteiger partial charge on any atom is -0.508 e. The van der Waals surface area contributed by atoms with Crippen LogP contribution in [0.15, 0.2) is 12.1 Å². The van der Waals surface area contributed by atoms with Gasteiger partial charge in [0.25, 0.3) is 0 Å². The van der Waals surface area contributed by atoms with E-state index in [2.05, 4.69) is 18.3 Å². The standard InChI is InChI=1S/C13H19NO2/c1-3-9-6-11(10-4-5-14-8-10)12(15)7-13(9)16-2/h6-7,10,14-15H,3-5,8H2,1-2H3. The molecular formula is C13H19NO2. The number of nitrogens with one attached hydrogen (secondary N) is 1. The molecule has 1 unspecified atom stereocenters. The minimum absolute atomic E-state index is 0.364. The molecule has 0 amide bonds. The zero-order valence-corrected chi connectivity index (χ0v) is 9.92. The third-order valence-corrected chi connectivity index (χ3v) is 3.31. The molecule has 88 valence electrons. The highest BCUT2D eigenvalue weighted by Crippen LogP contribution is 2.35. The van der Waals surface area contributed by atoms with Crippen molar-refractivity contribution in [2.75, 3.05) is 20.2 Å². The summed E-state index contributed by atoms with van der Waals surface area (Å²) in [5, 5.41) is 13.3. The molecule has 2 rings (SSSR count). The number of aryl methyl sites for hydroxylation is 1. The number of hydrogen-bond acceptors (Lipinski definition) is 3. The minimum atomic E-state index is 0.364. The summed E-state index contributed by atoms with van der Waals surface area (Å²) >= 11 is 0. The largest absolute Gasteiger partial charge is 0.508 e. The quantitative estimate of drug-likeness (QED) is 0.820. The second kappa shape index (κ2) is 4.74. The van der Waals surface area contributed by atoms with Gasteiger partial charge in [-0.25, -0.2) is 0 Å². The van der Waals surface area contributed by atoms with Crippen LogP contribution in [0, 0.1) is 0 Å². The second-order valence-electron chi connectivity index (χ2n) is 4.27. The van der Waals surface area contributed by atoms with Crippen LogP contribution in [-0.4, -0.2) is 25.3 Å². The average molecular weight is 221 g/mol. The highest BCUT2D eigenvalue weighted by molar-refractivity contribution is 5.47. The summed E-state index contributed by atoms with van der Waals surface area (Å²) in [7, 11) is 1.64. The lowest BCUT2D eigenvalue weighted by molar-refractivity contribution is 0.401. The molecule has 3 heteroatoms. The van der Waals surface area contributed by atoms with E-state index in [0.29, 0.717) is 11.7 Å². The van der Waals surface area contributed by atoms with E-state index in [-0.39, 0.29) is 0 Å². The molecule has 0 bridgehead atoms. The van der Waals surface area contributed by atoms with Crippen molar-refractivity contribution in [3.63, 3.8) is 0 Å². The van der Waals surface area contributed by atoms with Crippen molar-refractivity contribution in [3.05, 3.63) is 23.3 Å². The van der Waals surface area contributed by atoms with Crippen molar-refractivity contribution in [1.29, 1.82) is 0 Å². The first-order chi connectivity index (χ1) is 7.76. The van der Waals surface area contributed by atoms with Gasteiger partial charge in [0.15, 0.2) is 0 Å². The number of phenolic OH excluding ortho intramolecular Hbond substituents is 1. The average Bonchev–Trinajstić information content (AvgIpc) is 2.82. The Labute approximate surface area is 96.4 Å². The Morgan fingerprint density at radius 2 is 2.31 bits per heavy atom. The lowest BCUT2D eigenvalue weighted by Gasteiger charge is -2.15. The lowest BCUT2D eigenvalue weighted by atomic mass is 9.94. The first-order valence-electron chi connectivity index (χ1n) is 5.86. The maximum atomic E-state index is 10.00. The Morgan fingerprint density at radius 3 is 2.88 bits per heavy atom. The third kappa shape index (κ3) is 2.00. The van der Waals surface area contributed by atoms with E-state index in [0.717, 1.165) is 37.2 Å². The summed E-state index contributed by atoms with van der Waals surface area (Å²) in [6, 6.07) is 3.83. The van der Waals surface area contributed by atoms with Crippen molar-refractivity contribution in [2.24, 2.45) is 0 Å². The fourth-order valence-electron chi connectivity index (χ4n) is 2.35. The molecule has 1 aromatic rings. The van der Waals surface area contributed by atoms with Crippen LogP contribution in [0.1, 0.15) is 30.4 Å². The molecule has 1 aliphatic rings. The molecule has 16 heavy (non-hydrogen) atoms. The molecule has 1 saturated heterocycles. The Bertz CT molecular complexity index is 370. The first-order valence-corrected chi connectivity index (χ1v) is 5.86. The molecule has 3 nitrogen and oxygen atoms in total. The molecule has 0 radical (unpaired) electrons. The van der Waals surface area contributed by atoms with Crippen LogP contribution in [0.4, 0.5) is 0 Å². The van der Waals surface area contributed by atoms with Crippen LogP contribution in [0.2, 0.25) is 0 Å². The summed E-state index contributed by atoms with van der Waals surface area (Å²) in [5.41, 5.74) is 2.23. The van der Waals surface area contributed by atoms with Gasteiger partial charge in [-0.2, -0.15) is 0 Å². The van der Waals surface area contributed by atoms with Crippen molar-refractivity contribution >= 4 is 0 Å². The molecule has 1 atom stereocenters. The number of aromatic hydroxyl groups is 1. The van der Waals surface area contributed by atoms with Crippen LogP contribution in [0.5, 0.6) is 11.5 Å². The van der Waals surface area contributed by atoms with Crippen LogP contribution in [0.3, 0.4) is 0 Å². The van der Waals surface area contributed by atoms with Crippen molar-refractivity contribution in [1.82, 2.24) is 5.32 Å². The smallest absolute Gasteiger partial charge is 0.125 e. The molecule has 2 N–H and O–H groups in total. The number of hydrogen-bond donors (Lipinski definition) is 2. The molecule has 0 aromatic heterocycles. The van der Waals surface area contributed by atoms with Gasteiger partial charge in [-0.3, -0.25) is 0 Å². The Morgan fingerprint density at radius 1 is 1.50 bits per heavy atom. The van der Waals surface area contributed by atoms with Crippen LogP contribution < -0.4 is 10.1 Å². The number of ether oxygens (including phenoxy) is 1. The molecule has 1 aromatic carbocycles. The van der Waals surface area contributed by atoms with Gasteiger partial charge in [0.1, 0.15) is 11.5 Å². The van der Waals surface area contributed by atoms with Crippen molar-refractivity contribution in [2.45, 2.75) is 25.7 Å². The summed E-state index contributed by atoms with van der Waals surface area (Å²) in [6.45, 7) is 4.10. The molecule has 1 aliphatic heterocycles. The van der Waals surface area contributed by atoms with Gasteiger partial charge >= 0.3 is 0 Å². The van der Waals surface area contributed by atoms with E-state index in [1.54, 1.807) is 13.2 Å². The fraction of sp³-hybridized carbons (Fsp3) is 0.538. The van der Waals surface area contributed by atoms with Crippen molar-refractivity contribution in [3.8, 4) is 11.5 Å². The first kappa shape index (κ1) is 11.3. The van der Waals surface area contributed by atoms with Gasteiger partial charge in [0.2, 0.25) is 0 Å². The molecule has 0 spiro atoms. The van der Waals surface area contributed by atoms with Gasteiger partial charge in [-0.05, 0) is 36.6 Å². The molecule has 0 aliphatic carbocycles. The van der Waals surface area contributed by atoms with Crippen LogP contribution in [-0.2, 0) is 6.42 Å². The summed E-state index contributed by atoms with van der Waals surface area (Å²) in [5.74, 6) is 1.59. The summed E-state index contributed by atoms with van der Waals surface area (Å²) in [4.78, 5) is 0. The van der Waals surface area contributed by atoms with Gasteiger partial charge in [-0.1, -0.05) is 6.92 Å². The normalized spacial score (nSPS) is 20.0. The van der Waals surface area contributed by atoms with Crippen LogP contribution >= 0.6 is 0 Å². The number of methoxy groups -OCH3 is 1. The summed E-state index contributed by atoms with van der Waals surface area (Å²) in [6.07, 6.45) is 2.03. The number of benzene rings is 1. The Hall–Kier alpha value is -1.22. The van der Waals surface area contributed by atoms with Crippen molar-refractivity contribution < 1.29 is 9.84 Å². The highest BCUT2D eigenvalue weighted by Gasteiger charge is 2.21. The fourth-order valence-corrected chi connectivity index (χ4v) is 2.35. The molecule has 0 saturated carbocycles. The van der Waals surface area contributed by atoms with Gasteiger partial charge in [-0.15, -0.1) is 0 Å². The molecular weight excluding hydrogens is 202 g/mol. The Kier molecular flexibility index (Phi) is 3.34. The zero-order valence-electron chi connectivity index (χ0n) is 9.92. The van der Waals surface area contributed by atoms with Gasteiger partial charge in [0.05, 0.1) is 7.11 Å². The second-order valence-corrected chi connectivity index (χ2v) is 4.27. The van der Waals surface area contributed by atoms with E-state index >= 15 is 0 Å². The zero-order chi connectivity index (χ0) is 11.5. The van der Waals surface area contributed by atoms with Gasteiger partial charge < -0.3 is 15.2 Å².